The molecular formula is C31H45N3O5P+. The van der Waals surface area contributed by atoms with E-state index in [4.69, 9.17) is 9.26 Å². The number of hydrogen-bond donors (Lipinski definition) is 5. The van der Waals surface area contributed by atoms with Gasteiger partial charge in [0.2, 0.25) is 0 Å². The lowest BCUT2D eigenvalue weighted by molar-refractivity contribution is -0.139. The van der Waals surface area contributed by atoms with Gasteiger partial charge in [-0.25, -0.2) is 4.89 Å². The number of para-hydroxylation sites is 1. The third-order valence-corrected chi connectivity index (χ3v) is 10.0. The van der Waals surface area contributed by atoms with Crippen molar-refractivity contribution in [1.29, 1.82) is 0 Å². The van der Waals surface area contributed by atoms with Crippen LogP contribution in [0.5, 0.6) is 5.75 Å². The lowest BCUT2D eigenvalue weighted by Crippen LogP contribution is -2.39. The van der Waals surface area contributed by atoms with Crippen molar-refractivity contribution < 1.29 is 24.1 Å². The molecule has 1 aliphatic rings. The maximum absolute atomic E-state index is 12.1. The van der Waals surface area contributed by atoms with E-state index >= 15 is 0 Å². The fourth-order valence-electron chi connectivity index (χ4n) is 5.49. The number of ether oxygens (including phenoxy) is 1. The number of rotatable bonds is 17. The molecule has 0 spiro atoms. The van der Waals surface area contributed by atoms with Crippen LogP contribution in [-0.4, -0.2) is 59.5 Å². The molecule has 0 saturated carbocycles. The van der Waals surface area contributed by atoms with Gasteiger partial charge in [0.15, 0.2) is 0 Å². The van der Waals surface area contributed by atoms with E-state index in [-0.39, 0.29) is 6.42 Å². The molecule has 1 fully saturated rings. The maximum atomic E-state index is 12.1. The number of unbranched alkanes of at least 4 members (excludes halogenated alkanes) is 1. The highest BCUT2D eigenvalue weighted by Crippen LogP contribution is 2.52. The standard InChI is InChI=1S/C31H44N3O5P/c1-2-39-40(37,21-7-9-26-23-33-29-11-4-3-10-28(26)29)34-30(31(35)36)22-25-12-14-27(15-13-25)38-20-6-5-8-24-16-18-32-19-17-24/h3-4,10-15,23-24,30,32-34,37H,2,5-9,16-22H2,1H3/p+1. The van der Waals surface area contributed by atoms with E-state index in [1.165, 1.54) is 36.6 Å². The highest BCUT2D eigenvalue weighted by atomic mass is 31.2. The summed E-state index contributed by atoms with van der Waals surface area (Å²) in [6.45, 7) is 5.09. The fraction of sp³-hybridized carbons (Fsp3) is 0.516. The summed E-state index contributed by atoms with van der Waals surface area (Å²) in [6.07, 6.45) is 10.1. The molecule has 8 nitrogen and oxygen atoms in total. The van der Waals surface area contributed by atoms with Crippen molar-refractivity contribution in [3.05, 3.63) is 65.9 Å². The van der Waals surface area contributed by atoms with Crippen molar-refractivity contribution in [3.8, 4) is 5.75 Å². The Labute approximate surface area is 238 Å². The number of aromatic amines is 1. The van der Waals surface area contributed by atoms with Crippen molar-refractivity contribution in [3.63, 3.8) is 0 Å². The van der Waals surface area contributed by atoms with Gasteiger partial charge in [0.1, 0.15) is 18.0 Å². The lowest BCUT2D eigenvalue weighted by Gasteiger charge is -2.23. The minimum absolute atomic E-state index is 0.240. The number of aromatic nitrogens is 1. The first-order valence-electron chi connectivity index (χ1n) is 14.7. The number of carbonyl (C=O) groups is 1. The third kappa shape index (κ3) is 9.28. The first kappa shape index (κ1) is 30.5. The molecule has 5 N–H and O–H groups in total. The van der Waals surface area contributed by atoms with Crippen LogP contribution < -0.4 is 15.1 Å². The zero-order chi connectivity index (χ0) is 28.2. The lowest BCUT2D eigenvalue weighted by atomic mass is 9.93. The Morgan fingerprint density at radius 2 is 1.88 bits per heavy atom. The Morgan fingerprint density at radius 1 is 1.10 bits per heavy atom. The molecule has 218 valence electrons. The molecule has 0 bridgehead atoms. The van der Waals surface area contributed by atoms with Crippen LogP contribution in [0.3, 0.4) is 0 Å². The van der Waals surface area contributed by atoms with Gasteiger partial charge in [-0.05, 0) is 93.8 Å². The summed E-state index contributed by atoms with van der Waals surface area (Å²) in [6, 6.07) is 14.8. The molecule has 2 heterocycles. The number of carboxylic acid groups (broad SMARTS) is 1. The van der Waals surface area contributed by atoms with Crippen LogP contribution in [0.25, 0.3) is 10.9 Å². The van der Waals surface area contributed by atoms with Gasteiger partial charge in [0, 0.05) is 23.5 Å². The van der Waals surface area contributed by atoms with Crippen LogP contribution in [0.4, 0.5) is 0 Å². The zero-order valence-corrected chi connectivity index (χ0v) is 24.5. The molecule has 3 aromatic rings. The van der Waals surface area contributed by atoms with Crippen LogP contribution in [-0.2, 0) is 22.2 Å². The number of benzene rings is 2. The van der Waals surface area contributed by atoms with Gasteiger partial charge in [0.05, 0.1) is 13.2 Å². The largest absolute Gasteiger partial charge is 0.494 e. The molecule has 9 heteroatoms. The third-order valence-electron chi connectivity index (χ3n) is 7.68. The van der Waals surface area contributed by atoms with E-state index in [1.54, 1.807) is 0 Å². The summed E-state index contributed by atoms with van der Waals surface area (Å²) in [4.78, 5) is 26.7. The van der Waals surface area contributed by atoms with Crippen LogP contribution in [0.15, 0.2) is 54.7 Å². The topological polar surface area (TPSA) is 116 Å². The number of hydrogen-bond acceptors (Lipinski definition) is 6. The number of fused-ring (bicyclic) bond motifs is 1. The molecular weight excluding hydrogens is 525 g/mol. The van der Waals surface area contributed by atoms with Gasteiger partial charge in [-0.1, -0.05) is 36.8 Å². The summed E-state index contributed by atoms with van der Waals surface area (Å²) in [7, 11) is -3.11. The Hall–Kier alpha value is -2.48. The Kier molecular flexibility index (Phi) is 11.8. The number of aryl methyl sites for hydroxylation is 1. The van der Waals surface area contributed by atoms with Gasteiger partial charge in [-0.3, -0.25) is 4.79 Å². The maximum Gasteiger partial charge on any atom is 0.343 e. The smallest absolute Gasteiger partial charge is 0.343 e. The summed E-state index contributed by atoms with van der Waals surface area (Å²) in [5.74, 6) is 0.628. The van der Waals surface area contributed by atoms with Gasteiger partial charge in [-0.15, -0.1) is 5.09 Å². The molecule has 1 saturated heterocycles. The Balaban J connectivity index is 1.24. The molecule has 0 radical (unpaired) electrons. The van der Waals surface area contributed by atoms with E-state index in [1.807, 2.05) is 55.6 Å². The average molecular weight is 571 g/mol. The summed E-state index contributed by atoms with van der Waals surface area (Å²) in [5.41, 5.74) is 3.12. The van der Waals surface area contributed by atoms with E-state index in [0.29, 0.717) is 25.8 Å². The van der Waals surface area contributed by atoms with Gasteiger partial charge < -0.3 is 20.1 Å². The van der Waals surface area contributed by atoms with Crippen molar-refractivity contribution in [1.82, 2.24) is 15.4 Å². The quantitative estimate of drug-likeness (QED) is 0.104. The van der Waals surface area contributed by atoms with Crippen molar-refractivity contribution in [2.45, 2.75) is 64.3 Å². The number of carboxylic acids is 1. The minimum Gasteiger partial charge on any atom is -0.494 e. The second kappa shape index (κ2) is 15.5. The number of H-pyrrole nitrogens is 1. The summed E-state index contributed by atoms with van der Waals surface area (Å²) < 4.78 is 11.7. The van der Waals surface area contributed by atoms with E-state index in [2.05, 4.69) is 21.5 Å². The van der Waals surface area contributed by atoms with Gasteiger partial charge in [0.25, 0.3) is 0 Å². The van der Waals surface area contributed by atoms with Crippen molar-refractivity contribution in [2.75, 3.05) is 32.5 Å². The van der Waals surface area contributed by atoms with Crippen LogP contribution in [0, 0.1) is 5.92 Å². The van der Waals surface area contributed by atoms with Gasteiger partial charge in [-0.2, -0.15) is 4.52 Å². The molecule has 1 aromatic heterocycles. The zero-order valence-electron chi connectivity index (χ0n) is 23.6. The number of aliphatic carboxylic acids is 1. The van der Waals surface area contributed by atoms with E-state index in [9.17, 15) is 14.8 Å². The summed E-state index contributed by atoms with van der Waals surface area (Å²) in [5, 5.41) is 17.5. The van der Waals surface area contributed by atoms with Gasteiger partial charge >= 0.3 is 13.8 Å². The molecule has 0 amide bonds. The number of nitrogens with one attached hydrogen (secondary N) is 3. The van der Waals surface area contributed by atoms with Crippen molar-refractivity contribution >= 4 is 24.7 Å². The molecule has 2 unspecified atom stereocenters. The second-order valence-electron chi connectivity index (χ2n) is 10.7. The predicted octanol–water partition coefficient (Wildman–Crippen LogP) is 5.73. The second-order valence-corrected chi connectivity index (χ2v) is 13.1. The normalized spacial score (nSPS) is 16.6. The van der Waals surface area contributed by atoms with E-state index < -0.39 is 19.9 Å². The predicted molar refractivity (Wildman–Crippen MR) is 162 cm³/mol. The molecule has 4 rings (SSSR count). The molecule has 2 atom stereocenters. The molecule has 2 aromatic carbocycles. The van der Waals surface area contributed by atoms with Crippen LogP contribution in [0.1, 0.15) is 56.6 Å². The first-order valence-corrected chi connectivity index (χ1v) is 16.5. The highest BCUT2D eigenvalue weighted by molar-refractivity contribution is 7.63. The first-order chi connectivity index (χ1) is 19.5. The fourth-order valence-corrected chi connectivity index (χ4v) is 7.52. The minimum atomic E-state index is -3.11. The van der Waals surface area contributed by atoms with Crippen LogP contribution in [0.2, 0.25) is 0 Å². The van der Waals surface area contributed by atoms with Crippen LogP contribution >= 0.6 is 7.87 Å². The molecule has 0 aliphatic carbocycles. The monoisotopic (exact) mass is 570 g/mol. The average Bonchev–Trinajstić information content (AvgIpc) is 3.37. The highest BCUT2D eigenvalue weighted by Gasteiger charge is 2.42. The Morgan fingerprint density at radius 3 is 2.62 bits per heavy atom. The number of piperidine rings is 1. The van der Waals surface area contributed by atoms with Crippen molar-refractivity contribution in [2.24, 2.45) is 5.92 Å². The Bertz CT molecular complexity index is 1180. The SMILES string of the molecule is CCO[P+](O)(CCCc1c[nH]c2ccccc12)NC(Cc1ccc(OCCCCC2CCNCC2)cc1)C(=O)O. The molecule has 1 aliphatic heterocycles. The van der Waals surface area contributed by atoms with E-state index in [0.717, 1.165) is 48.7 Å². The summed E-state index contributed by atoms with van der Waals surface area (Å²) >= 11 is 0. The molecule has 40 heavy (non-hydrogen) atoms.